The lowest BCUT2D eigenvalue weighted by molar-refractivity contribution is 0.0760. The number of thiazole rings is 1. The van der Waals surface area contributed by atoms with Gasteiger partial charge in [-0.2, -0.15) is 0 Å². The van der Waals surface area contributed by atoms with Crippen LogP contribution in [0.2, 0.25) is 0 Å². The first kappa shape index (κ1) is 17.9. The summed E-state index contributed by atoms with van der Waals surface area (Å²) in [5, 5.41) is 3.20. The molecule has 0 saturated heterocycles. The van der Waals surface area contributed by atoms with E-state index in [1.165, 1.54) is 11.3 Å². The summed E-state index contributed by atoms with van der Waals surface area (Å²) < 4.78 is 5.61. The first-order valence-corrected chi connectivity index (χ1v) is 8.88. The molecule has 1 aromatic carbocycles. The second-order valence-electron chi connectivity index (χ2n) is 6.01. The Kier molecular flexibility index (Phi) is 6.57. The maximum absolute atomic E-state index is 5.61. The zero-order chi connectivity index (χ0) is 16.8. The predicted octanol–water partition coefficient (Wildman–Crippen LogP) is 3.94. The van der Waals surface area contributed by atoms with Crippen LogP contribution >= 0.6 is 11.3 Å². The lowest BCUT2D eigenvalue weighted by Crippen LogP contribution is -2.18. The van der Waals surface area contributed by atoms with E-state index in [0.29, 0.717) is 0 Å². The van der Waals surface area contributed by atoms with Gasteiger partial charge in [0.25, 0.3) is 0 Å². The molecule has 0 saturated carbocycles. The number of benzene rings is 1. The zero-order valence-corrected chi connectivity index (χ0v) is 15.6. The summed E-state index contributed by atoms with van der Waals surface area (Å²) in [5.74, 6) is 0. The maximum Gasteiger partial charge on any atom is 0.122 e. The number of hydrogen-bond acceptors (Lipinski definition) is 5. The Labute approximate surface area is 143 Å². The number of anilines is 1. The molecule has 2 rings (SSSR count). The number of aromatic nitrogens is 1. The second kappa shape index (κ2) is 8.43. The van der Waals surface area contributed by atoms with E-state index < -0.39 is 0 Å². The molecule has 1 unspecified atom stereocenters. The van der Waals surface area contributed by atoms with E-state index >= 15 is 0 Å². The van der Waals surface area contributed by atoms with Crippen molar-refractivity contribution in [1.29, 1.82) is 0 Å². The van der Waals surface area contributed by atoms with Gasteiger partial charge in [0.05, 0.1) is 5.69 Å². The molecule has 0 radical (unpaired) electrons. The third-order valence-electron chi connectivity index (χ3n) is 3.65. The summed E-state index contributed by atoms with van der Waals surface area (Å²) in [6.45, 7) is 6.55. The molecular weight excluding hydrogens is 306 g/mol. The molecule has 2 aromatic rings. The topological polar surface area (TPSA) is 28.6 Å². The van der Waals surface area contributed by atoms with Gasteiger partial charge in [0, 0.05) is 44.9 Å². The third kappa shape index (κ3) is 5.30. The lowest BCUT2D eigenvalue weighted by Gasteiger charge is -2.18. The Morgan fingerprint density at radius 1 is 1.22 bits per heavy atom. The number of rotatable bonds is 8. The summed E-state index contributed by atoms with van der Waals surface area (Å²) in [6, 6.07) is 8.65. The van der Waals surface area contributed by atoms with Gasteiger partial charge >= 0.3 is 0 Å². The molecule has 0 N–H and O–H groups in total. The molecule has 1 atom stereocenters. The largest absolute Gasteiger partial charge is 0.378 e. The molecule has 0 bridgehead atoms. The second-order valence-corrected chi connectivity index (χ2v) is 6.90. The summed E-state index contributed by atoms with van der Waals surface area (Å²) in [6.07, 6.45) is 0.0841. The highest BCUT2D eigenvalue weighted by Gasteiger charge is 2.11. The van der Waals surface area contributed by atoms with Crippen molar-refractivity contribution < 1.29 is 4.74 Å². The summed E-state index contributed by atoms with van der Waals surface area (Å²) in [5.41, 5.74) is 3.66. The van der Waals surface area contributed by atoms with Crippen LogP contribution in [0, 0.1) is 0 Å². The van der Waals surface area contributed by atoms with E-state index in [1.807, 2.05) is 6.92 Å². The van der Waals surface area contributed by atoms with Gasteiger partial charge in [-0.05, 0) is 38.6 Å². The van der Waals surface area contributed by atoms with Gasteiger partial charge in [0.1, 0.15) is 11.1 Å². The molecule has 0 aliphatic carbocycles. The minimum Gasteiger partial charge on any atom is -0.378 e. The van der Waals surface area contributed by atoms with Gasteiger partial charge in [0.15, 0.2) is 0 Å². The monoisotopic (exact) mass is 333 g/mol. The standard InChI is InChI=1S/C18H27N3OS/c1-6-22-14(2)18-19-16(13-23-18)12-21(5)11-15-8-7-9-17(10-15)20(3)4/h7-10,13-14H,6,11-12H2,1-5H3. The molecule has 126 valence electrons. The van der Waals surface area contributed by atoms with Gasteiger partial charge in [-0.3, -0.25) is 4.90 Å². The molecule has 23 heavy (non-hydrogen) atoms. The molecule has 0 fully saturated rings. The Balaban J connectivity index is 1.94. The minimum atomic E-state index is 0.0841. The Bertz CT molecular complexity index is 612. The van der Waals surface area contributed by atoms with Crippen LogP contribution in [0.5, 0.6) is 0 Å². The van der Waals surface area contributed by atoms with Crippen LogP contribution in [-0.2, 0) is 17.8 Å². The van der Waals surface area contributed by atoms with Gasteiger partial charge in [0.2, 0.25) is 0 Å². The van der Waals surface area contributed by atoms with Crippen LogP contribution in [0.3, 0.4) is 0 Å². The van der Waals surface area contributed by atoms with Crippen LogP contribution in [0.25, 0.3) is 0 Å². The first-order chi connectivity index (χ1) is 11.0. The van der Waals surface area contributed by atoms with Gasteiger partial charge in [-0.15, -0.1) is 11.3 Å². The number of hydrogen-bond donors (Lipinski definition) is 0. The van der Waals surface area contributed by atoms with Crippen LogP contribution in [0.1, 0.15) is 36.2 Å². The highest BCUT2D eigenvalue weighted by Crippen LogP contribution is 2.22. The minimum absolute atomic E-state index is 0.0841. The van der Waals surface area contributed by atoms with Gasteiger partial charge in [-0.1, -0.05) is 12.1 Å². The van der Waals surface area contributed by atoms with E-state index in [0.717, 1.165) is 30.4 Å². The molecule has 4 nitrogen and oxygen atoms in total. The highest BCUT2D eigenvalue weighted by atomic mass is 32.1. The van der Waals surface area contributed by atoms with E-state index in [4.69, 9.17) is 9.72 Å². The van der Waals surface area contributed by atoms with Crippen LogP contribution < -0.4 is 4.90 Å². The zero-order valence-electron chi connectivity index (χ0n) is 14.7. The molecule has 1 heterocycles. The molecule has 0 spiro atoms. The number of ether oxygens (including phenoxy) is 1. The van der Waals surface area contributed by atoms with Crippen molar-refractivity contribution in [2.75, 3.05) is 32.6 Å². The van der Waals surface area contributed by atoms with Crippen molar-refractivity contribution in [3.8, 4) is 0 Å². The molecule has 5 heteroatoms. The quantitative estimate of drug-likeness (QED) is 0.731. The first-order valence-electron chi connectivity index (χ1n) is 8.00. The fourth-order valence-electron chi connectivity index (χ4n) is 2.48. The molecular formula is C18H27N3OS. The molecule has 0 aliphatic rings. The average Bonchev–Trinajstić information content (AvgIpc) is 2.96. The molecule has 0 amide bonds. The SMILES string of the molecule is CCOC(C)c1nc(CN(C)Cc2cccc(N(C)C)c2)cs1. The Hall–Kier alpha value is -1.43. The third-order valence-corrected chi connectivity index (χ3v) is 4.70. The molecule has 1 aromatic heterocycles. The van der Waals surface area contributed by atoms with E-state index in [-0.39, 0.29) is 6.10 Å². The van der Waals surface area contributed by atoms with Crippen molar-refractivity contribution in [3.05, 3.63) is 45.9 Å². The fourth-order valence-corrected chi connectivity index (χ4v) is 3.29. The van der Waals surface area contributed by atoms with Gasteiger partial charge in [-0.25, -0.2) is 4.98 Å². The van der Waals surface area contributed by atoms with E-state index in [1.54, 1.807) is 11.3 Å². The van der Waals surface area contributed by atoms with Crippen molar-refractivity contribution in [1.82, 2.24) is 9.88 Å². The average molecular weight is 334 g/mol. The Morgan fingerprint density at radius 3 is 2.70 bits per heavy atom. The van der Waals surface area contributed by atoms with E-state index in [2.05, 4.69) is 67.5 Å². The summed E-state index contributed by atoms with van der Waals surface area (Å²) in [7, 11) is 6.27. The Morgan fingerprint density at radius 2 is 2.00 bits per heavy atom. The van der Waals surface area contributed by atoms with Crippen LogP contribution in [-0.4, -0.2) is 37.6 Å². The van der Waals surface area contributed by atoms with Crippen LogP contribution in [0.4, 0.5) is 5.69 Å². The van der Waals surface area contributed by atoms with Crippen molar-refractivity contribution in [2.45, 2.75) is 33.0 Å². The molecule has 0 aliphatic heterocycles. The van der Waals surface area contributed by atoms with Crippen molar-refractivity contribution >= 4 is 17.0 Å². The highest BCUT2D eigenvalue weighted by molar-refractivity contribution is 7.09. The summed E-state index contributed by atoms with van der Waals surface area (Å²) >= 11 is 1.68. The van der Waals surface area contributed by atoms with Crippen LogP contribution in [0.15, 0.2) is 29.6 Å². The fraction of sp³-hybridized carbons (Fsp3) is 0.500. The lowest BCUT2D eigenvalue weighted by atomic mass is 10.2. The normalized spacial score (nSPS) is 12.6. The van der Waals surface area contributed by atoms with Crippen molar-refractivity contribution in [3.63, 3.8) is 0 Å². The predicted molar refractivity (Wildman–Crippen MR) is 98.1 cm³/mol. The summed E-state index contributed by atoms with van der Waals surface area (Å²) in [4.78, 5) is 9.12. The van der Waals surface area contributed by atoms with E-state index in [9.17, 15) is 0 Å². The maximum atomic E-state index is 5.61. The number of nitrogens with zero attached hydrogens (tertiary/aromatic N) is 3. The smallest absolute Gasteiger partial charge is 0.122 e. The van der Waals surface area contributed by atoms with Crippen molar-refractivity contribution in [2.24, 2.45) is 0 Å². The van der Waals surface area contributed by atoms with Gasteiger partial charge < -0.3 is 9.64 Å².